The average Bonchev–Trinajstić information content (AvgIpc) is 3.18. The van der Waals surface area contributed by atoms with Crippen molar-refractivity contribution in [3.63, 3.8) is 0 Å². The van der Waals surface area contributed by atoms with E-state index in [1.54, 1.807) is 0 Å². The van der Waals surface area contributed by atoms with E-state index in [0.29, 0.717) is 0 Å². The number of hydrogen-bond acceptors (Lipinski definition) is 3. The van der Waals surface area contributed by atoms with Crippen molar-refractivity contribution in [1.29, 1.82) is 0 Å². The minimum atomic E-state index is 0.0639. The molecule has 3 nitrogen and oxygen atoms in total. The molecule has 116 valence electrons. The fourth-order valence-electron chi connectivity index (χ4n) is 2.29. The van der Waals surface area contributed by atoms with Crippen LogP contribution in [0.2, 0.25) is 0 Å². The lowest BCUT2D eigenvalue weighted by atomic mass is 9.90. The summed E-state index contributed by atoms with van der Waals surface area (Å²) in [4.78, 5) is 7.04. The van der Waals surface area contributed by atoms with E-state index in [2.05, 4.69) is 63.7 Å². The van der Waals surface area contributed by atoms with E-state index in [1.165, 1.54) is 18.4 Å². The molecule has 0 amide bonds. The SMILES string of the molecule is C=C(C)CN(C)c1cc(CNC2CC2)cc(C(C)(C)C)n1. The molecular formula is C18H29N3. The molecule has 1 aliphatic carbocycles. The van der Waals surface area contributed by atoms with Gasteiger partial charge < -0.3 is 10.2 Å². The van der Waals surface area contributed by atoms with Crippen LogP contribution in [-0.4, -0.2) is 24.6 Å². The van der Waals surface area contributed by atoms with Gasteiger partial charge in [-0.05, 0) is 37.5 Å². The number of anilines is 1. The van der Waals surface area contributed by atoms with Gasteiger partial charge in [-0.15, -0.1) is 0 Å². The zero-order chi connectivity index (χ0) is 15.6. The maximum absolute atomic E-state index is 4.86. The molecule has 1 aromatic heterocycles. The Labute approximate surface area is 129 Å². The molecule has 0 aliphatic heterocycles. The monoisotopic (exact) mass is 287 g/mol. The fraction of sp³-hybridized carbons (Fsp3) is 0.611. The van der Waals surface area contributed by atoms with Crippen LogP contribution in [0, 0.1) is 0 Å². The number of nitrogens with zero attached hydrogens (tertiary/aromatic N) is 2. The molecule has 1 fully saturated rings. The van der Waals surface area contributed by atoms with Crippen LogP contribution in [-0.2, 0) is 12.0 Å². The Hall–Kier alpha value is -1.35. The van der Waals surface area contributed by atoms with Crippen LogP contribution in [0.5, 0.6) is 0 Å². The molecule has 0 bridgehead atoms. The van der Waals surface area contributed by atoms with Gasteiger partial charge in [0.05, 0.1) is 0 Å². The standard InChI is InChI=1S/C18H29N3/c1-13(2)12-21(6)17-10-14(11-19-15-7-8-15)9-16(20-17)18(3,4)5/h9-10,15,19H,1,7-8,11-12H2,2-6H3. The maximum atomic E-state index is 4.86. The van der Waals surface area contributed by atoms with Crippen LogP contribution < -0.4 is 10.2 Å². The van der Waals surface area contributed by atoms with E-state index in [-0.39, 0.29) is 5.41 Å². The van der Waals surface area contributed by atoms with E-state index >= 15 is 0 Å². The van der Waals surface area contributed by atoms with Gasteiger partial charge in [0.2, 0.25) is 0 Å². The zero-order valence-corrected chi connectivity index (χ0v) is 14.2. The highest BCUT2D eigenvalue weighted by Crippen LogP contribution is 2.26. The van der Waals surface area contributed by atoms with Gasteiger partial charge in [0, 0.05) is 37.3 Å². The van der Waals surface area contributed by atoms with Crippen molar-refractivity contribution in [3.8, 4) is 0 Å². The third kappa shape index (κ3) is 4.85. The van der Waals surface area contributed by atoms with Crippen LogP contribution >= 0.6 is 0 Å². The van der Waals surface area contributed by atoms with Crippen molar-refractivity contribution in [2.45, 2.75) is 58.5 Å². The molecule has 1 saturated carbocycles. The summed E-state index contributed by atoms with van der Waals surface area (Å²) in [7, 11) is 2.08. The van der Waals surface area contributed by atoms with Gasteiger partial charge in [0.15, 0.2) is 0 Å². The van der Waals surface area contributed by atoms with Gasteiger partial charge in [-0.25, -0.2) is 4.98 Å². The number of hydrogen-bond donors (Lipinski definition) is 1. The molecule has 0 spiro atoms. The van der Waals surface area contributed by atoms with Crippen LogP contribution in [0.25, 0.3) is 0 Å². The lowest BCUT2D eigenvalue weighted by Crippen LogP contribution is -2.24. The quantitative estimate of drug-likeness (QED) is 0.810. The van der Waals surface area contributed by atoms with Crippen LogP contribution in [0.15, 0.2) is 24.3 Å². The second-order valence-electron chi connectivity index (χ2n) is 7.44. The van der Waals surface area contributed by atoms with Crippen molar-refractivity contribution in [3.05, 3.63) is 35.5 Å². The summed E-state index contributed by atoms with van der Waals surface area (Å²) in [5.41, 5.74) is 3.69. The number of likely N-dealkylation sites (N-methyl/N-ethyl adjacent to an activating group) is 1. The predicted molar refractivity (Wildman–Crippen MR) is 90.9 cm³/mol. The second-order valence-corrected chi connectivity index (χ2v) is 7.44. The molecule has 0 saturated heterocycles. The van der Waals surface area contributed by atoms with Crippen LogP contribution in [0.3, 0.4) is 0 Å². The highest BCUT2D eigenvalue weighted by Gasteiger charge is 2.22. The molecule has 1 aromatic rings. The minimum Gasteiger partial charge on any atom is -0.356 e. The number of pyridine rings is 1. The number of nitrogens with one attached hydrogen (secondary N) is 1. The van der Waals surface area contributed by atoms with E-state index in [9.17, 15) is 0 Å². The van der Waals surface area contributed by atoms with Gasteiger partial charge in [-0.3, -0.25) is 0 Å². The Kier molecular flexibility index (Phi) is 4.72. The number of rotatable bonds is 6. The highest BCUT2D eigenvalue weighted by molar-refractivity contribution is 5.44. The molecule has 3 heteroatoms. The lowest BCUT2D eigenvalue weighted by Gasteiger charge is -2.24. The molecule has 2 rings (SSSR count). The molecule has 0 aromatic carbocycles. The zero-order valence-electron chi connectivity index (χ0n) is 14.2. The molecule has 21 heavy (non-hydrogen) atoms. The lowest BCUT2D eigenvalue weighted by molar-refractivity contribution is 0.565. The first-order valence-electron chi connectivity index (χ1n) is 7.86. The molecule has 1 N–H and O–H groups in total. The summed E-state index contributed by atoms with van der Waals surface area (Å²) in [6.07, 6.45) is 2.64. The highest BCUT2D eigenvalue weighted by atomic mass is 15.2. The van der Waals surface area contributed by atoms with Gasteiger partial charge in [-0.2, -0.15) is 0 Å². The molecule has 0 atom stereocenters. The van der Waals surface area contributed by atoms with Crippen molar-refractivity contribution < 1.29 is 0 Å². The molecule has 1 heterocycles. The molecule has 1 aliphatic rings. The average molecular weight is 287 g/mol. The number of aromatic nitrogens is 1. The smallest absolute Gasteiger partial charge is 0.129 e. The summed E-state index contributed by atoms with van der Waals surface area (Å²) in [6, 6.07) is 5.17. The van der Waals surface area contributed by atoms with Crippen LogP contribution in [0.1, 0.15) is 51.8 Å². The first kappa shape index (κ1) is 16.0. The van der Waals surface area contributed by atoms with Crippen molar-refractivity contribution in [2.75, 3.05) is 18.5 Å². The van der Waals surface area contributed by atoms with E-state index in [0.717, 1.165) is 36.2 Å². The van der Waals surface area contributed by atoms with Gasteiger partial charge in [0.1, 0.15) is 5.82 Å². The topological polar surface area (TPSA) is 28.2 Å². The first-order chi connectivity index (χ1) is 9.75. The summed E-state index contributed by atoms with van der Waals surface area (Å²) >= 11 is 0. The Balaban J connectivity index is 2.24. The Morgan fingerprint density at radius 3 is 2.57 bits per heavy atom. The van der Waals surface area contributed by atoms with E-state index < -0.39 is 0 Å². The predicted octanol–water partition coefficient (Wildman–Crippen LogP) is 3.64. The Bertz CT molecular complexity index is 510. The van der Waals surface area contributed by atoms with Crippen molar-refractivity contribution in [1.82, 2.24) is 10.3 Å². The Morgan fingerprint density at radius 1 is 1.38 bits per heavy atom. The molecule has 0 radical (unpaired) electrons. The van der Waals surface area contributed by atoms with Gasteiger partial charge in [0.25, 0.3) is 0 Å². The van der Waals surface area contributed by atoms with Gasteiger partial charge >= 0.3 is 0 Å². The molecule has 0 unspecified atom stereocenters. The summed E-state index contributed by atoms with van der Waals surface area (Å²) in [6.45, 7) is 14.5. The van der Waals surface area contributed by atoms with Crippen molar-refractivity contribution in [2.24, 2.45) is 0 Å². The second kappa shape index (κ2) is 6.18. The third-order valence-corrected chi connectivity index (χ3v) is 3.71. The van der Waals surface area contributed by atoms with Crippen LogP contribution in [0.4, 0.5) is 5.82 Å². The van der Waals surface area contributed by atoms with Gasteiger partial charge in [-0.1, -0.05) is 32.9 Å². The van der Waals surface area contributed by atoms with E-state index in [4.69, 9.17) is 4.98 Å². The van der Waals surface area contributed by atoms with Crippen molar-refractivity contribution >= 4 is 5.82 Å². The summed E-state index contributed by atoms with van der Waals surface area (Å²) in [5, 5.41) is 3.59. The molecular weight excluding hydrogens is 258 g/mol. The first-order valence-corrected chi connectivity index (χ1v) is 7.86. The maximum Gasteiger partial charge on any atom is 0.129 e. The Morgan fingerprint density at radius 2 is 2.05 bits per heavy atom. The minimum absolute atomic E-state index is 0.0639. The summed E-state index contributed by atoms with van der Waals surface area (Å²) in [5.74, 6) is 1.04. The largest absolute Gasteiger partial charge is 0.356 e. The summed E-state index contributed by atoms with van der Waals surface area (Å²) < 4.78 is 0. The fourth-order valence-corrected chi connectivity index (χ4v) is 2.29. The third-order valence-electron chi connectivity index (χ3n) is 3.71. The van der Waals surface area contributed by atoms with E-state index in [1.807, 2.05) is 0 Å². The normalized spacial score (nSPS) is 15.1.